The second kappa shape index (κ2) is 5.17. The Kier molecular flexibility index (Phi) is 3.62. The predicted molar refractivity (Wildman–Crippen MR) is 72.4 cm³/mol. The maximum absolute atomic E-state index is 10.8. The number of anilines is 1. The monoisotopic (exact) mass is 229 g/mol. The van der Waals surface area contributed by atoms with Crippen LogP contribution in [0.4, 0.5) is 5.69 Å². The van der Waals surface area contributed by atoms with Crippen molar-refractivity contribution in [3.8, 4) is 0 Å². The Labute approximate surface area is 103 Å². The van der Waals surface area contributed by atoms with Crippen molar-refractivity contribution < 1.29 is 4.79 Å². The van der Waals surface area contributed by atoms with Crippen molar-refractivity contribution in [1.29, 1.82) is 0 Å². The number of aryl methyl sites for hydroxylation is 1. The van der Waals surface area contributed by atoms with E-state index in [2.05, 4.69) is 30.1 Å². The quantitative estimate of drug-likeness (QED) is 0.586. The van der Waals surface area contributed by atoms with Crippen LogP contribution in [-0.4, -0.2) is 19.9 Å². The van der Waals surface area contributed by atoms with Gasteiger partial charge in [-0.3, -0.25) is 4.79 Å². The van der Waals surface area contributed by atoms with Crippen LogP contribution < -0.4 is 4.90 Å². The third-order valence-corrected chi connectivity index (χ3v) is 3.37. The molecule has 17 heavy (non-hydrogen) atoms. The number of nitrogens with zero attached hydrogens (tertiary/aromatic N) is 1. The standard InChI is InChI=1S/C15H19NO/c1-3-12(11-17)9-13-6-7-15-14(10-13)5-4-8-16(15)2/h6-7,9-11H,3-5,8H2,1-2H3. The van der Waals surface area contributed by atoms with E-state index in [1.165, 1.54) is 17.7 Å². The van der Waals surface area contributed by atoms with Crippen molar-refractivity contribution in [2.24, 2.45) is 0 Å². The van der Waals surface area contributed by atoms with E-state index in [1.54, 1.807) is 0 Å². The summed E-state index contributed by atoms with van der Waals surface area (Å²) in [5.41, 5.74) is 4.73. The highest BCUT2D eigenvalue weighted by atomic mass is 16.1. The molecule has 0 saturated carbocycles. The lowest BCUT2D eigenvalue weighted by Gasteiger charge is -2.27. The lowest BCUT2D eigenvalue weighted by atomic mass is 9.98. The van der Waals surface area contributed by atoms with Gasteiger partial charge in [-0.15, -0.1) is 0 Å². The molecule has 2 nitrogen and oxygen atoms in total. The topological polar surface area (TPSA) is 20.3 Å². The summed E-state index contributed by atoms with van der Waals surface area (Å²) < 4.78 is 0. The van der Waals surface area contributed by atoms with Gasteiger partial charge in [0.1, 0.15) is 6.29 Å². The van der Waals surface area contributed by atoms with Gasteiger partial charge in [0.2, 0.25) is 0 Å². The molecule has 1 aliphatic heterocycles. The number of allylic oxidation sites excluding steroid dienone is 1. The predicted octanol–water partition coefficient (Wildman–Crippen LogP) is 3.06. The molecule has 0 bridgehead atoms. The smallest absolute Gasteiger partial charge is 0.146 e. The molecular weight excluding hydrogens is 210 g/mol. The summed E-state index contributed by atoms with van der Waals surface area (Å²) >= 11 is 0. The van der Waals surface area contributed by atoms with Gasteiger partial charge in [-0.1, -0.05) is 13.0 Å². The van der Waals surface area contributed by atoms with Crippen LogP contribution >= 0.6 is 0 Å². The van der Waals surface area contributed by atoms with Crippen LogP contribution in [0, 0.1) is 0 Å². The number of carbonyl (C=O) groups excluding carboxylic acids is 1. The zero-order chi connectivity index (χ0) is 12.3. The van der Waals surface area contributed by atoms with Gasteiger partial charge in [0.15, 0.2) is 0 Å². The first-order valence-corrected chi connectivity index (χ1v) is 6.24. The summed E-state index contributed by atoms with van der Waals surface area (Å²) in [5, 5.41) is 0. The highest BCUT2D eigenvalue weighted by Gasteiger charge is 2.13. The summed E-state index contributed by atoms with van der Waals surface area (Å²) in [4.78, 5) is 13.1. The first kappa shape index (κ1) is 11.9. The Hall–Kier alpha value is -1.57. The third kappa shape index (κ3) is 2.57. The second-order valence-electron chi connectivity index (χ2n) is 4.60. The molecule has 0 atom stereocenters. The highest BCUT2D eigenvalue weighted by molar-refractivity contribution is 5.82. The van der Waals surface area contributed by atoms with Crippen LogP contribution in [-0.2, 0) is 11.2 Å². The normalized spacial score (nSPS) is 15.6. The Morgan fingerprint density at radius 2 is 2.29 bits per heavy atom. The third-order valence-electron chi connectivity index (χ3n) is 3.37. The Morgan fingerprint density at radius 1 is 1.47 bits per heavy atom. The van der Waals surface area contributed by atoms with Crippen molar-refractivity contribution in [2.75, 3.05) is 18.5 Å². The molecule has 0 N–H and O–H groups in total. The van der Waals surface area contributed by atoms with Gasteiger partial charge in [0.25, 0.3) is 0 Å². The lowest BCUT2D eigenvalue weighted by molar-refractivity contribution is -0.104. The molecule has 0 spiro atoms. The summed E-state index contributed by atoms with van der Waals surface area (Å²) in [6.45, 7) is 3.14. The maximum atomic E-state index is 10.8. The van der Waals surface area contributed by atoms with Crippen molar-refractivity contribution in [2.45, 2.75) is 26.2 Å². The molecule has 0 aliphatic carbocycles. The zero-order valence-corrected chi connectivity index (χ0v) is 10.6. The fourth-order valence-electron chi connectivity index (χ4n) is 2.33. The van der Waals surface area contributed by atoms with Gasteiger partial charge in [-0.05, 0) is 54.2 Å². The lowest BCUT2D eigenvalue weighted by Crippen LogP contribution is -2.24. The summed E-state index contributed by atoms with van der Waals surface area (Å²) in [6.07, 6.45) is 6.09. The van der Waals surface area contributed by atoms with Gasteiger partial charge in [0, 0.05) is 19.3 Å². The minimum atomic E-state index is 0.792. The molecule has 1 aliphatic rings. The van der Waals surface area contributed by atoms with E-state index < -0.39 is 0 Å². The molecule has 1 heterocycles. The number of fused-ring (bicyclic) bond motifs is 1. The summed E-state index contributed by atoms with van der Waals surface area (Å²) in [5.74, 6) is 0. The summed E-state index contributed by atoms with van der Waals surface area (Å²) in [6, 6.07) is 6.47. The van der Waals surface area contributed by atoms with Gasteiger partial charge in [-0.2, -0.15) is 0 Å². The van der Waals surface area contributed by atoms with Crippen molar-refractivity contribution >= 4 is 18.0 Å². The van der Waals surface area contributed by atoms with E-state index in [9.17, 15) is 4.79 Å². The first-order chi connectivity index (χ1) is 8.24. The second-order valence-corrected chi connectivity index (χ2v) is 4.60. The van der Waals surface area contributed by atoms with E-state index in [0.29, 0.717) is 0 Å². The van der Waals surface area contributed by atoms with E-state index in [-0.39, 0.29) is 0 Å². The van der Waals surface area contributed by atoms with E-state index in [0.717, 1.165) is 36.8 Å². The minimum Gasteiger partial charge on any atom is -0.374 e. The van der Waals surface area contributed by atoms with Crippen LogP contribution in [0.1, 0.15) is 30.9 Å². The fraction of sp³-hybridized carbons (Fsp3) is 0.400. The van der Waals surface area contributed by atoms with Crippen LogP contribution in [0.2, 0.25) is 0 Å². The Morgan fingerprint density at radius 3 is 3.00 bits per heavy atom. The van der Waals surface area contributed by atoms with Crippen molar-refractivity contribution in [3.05, 3.63) is 34.9 Å². The van der Waals surface area contributed by atoms with E-state index in [1.807, 2.05) is 13.0 Å². The summed E-state index contributed by atoms with van der Waals surface area (Å²) in [7, 11) is 2.14. The molecule has 2 rings (SSSR count). The van der Waals surface area contributed by atoms with E-state index in [4.69, 9.17) is 0 Å². The molecule has 0 saturated heterocycles. The largest absolute Gasteiger partial charge is 0.374 e. The fourth-order valence-corrected chi connectivity index (χ4v) is 2.33. The number of benzene rings is 1. The molecule has 90 valence electrons. The minimum absolute atomic E-state index is 0.792. The van der Waals surface area contributed by atoms with E-state index >= 15 is 0 Å². The van der Waals surface area contributed by atoms with Crippen LogP contribution in [0.25, 0.3) is 6.08 Å². The highest BCUT2D eigenvalue weighted by Crippen LogP contribution is 2.27. The SMILES string of the molecule is CCC(C=O)=Cc1ccc2c(c1)CCCN2C. The average molecular weight is 229 g/mol. The number of aldehydes is 1. The van der Waals surface area contributed by atoms with Gasteiger partial charge in [0.05, 0.1) is 0 Å². The van der Waals surface area contributed by atoms with Crippen LogP contribution in [0.3, 0.4) is 0 Å². The average Bonchev–Trinajstić information content (AvgIpc) is 2.36. The maximum Gasteiger partial charge on any atom is 0.146 e. The molecule has 1 aromatic rings. The molecule has 0 unspecified atom stereocenters. The van der Waals surface area contributed by atoms with Gasteiger partial charge >= 0.3 is 0 Å². The Balaban J connectivity index is 2.33. The molecule has 0 radical (unpaired) electrons. The van der Waals surface area contributed by atoms with Crippen LogP contribution in [0.15, 0.2) is 23.8 Å². The molecule has 0 fully saturated rings. The first-order valence-electron chi connectivity index (χ1n) is 6.24. The molecule has 2 heteroatoms. The Bertz CT molecular complexity index is 448. The van der Waals surface area contributed by atoms with Gasteiger partial charge < -0.3 is 4.90 Å². The number of hydrogen-bond donors (Lipinski definition) is 0. The van der Waals surface area contributed by atoms with Gasteiger partial charge in [-0.25, -0.2) is 0 Å². The number of carbonyl (C=O) groups is 1. The van der Waals surface area contributed by atoms with Crippen LogP contribution in [0.5, 0.6) is 0 Å². The van der Waals surface area contributed by atoms with Crippen molar-refractivity contribution in [1.82, 2.24) is 0 Å². The molecular formula is C15H19NO. The number of hydrogen-bond acceptors (Lipinski definition) is 2. The van der Waals surface area contributed by atoms with Crippen molar-refractivity contribution in [3.63, 3.8) is 0 Å². The molecule has 0 amide bonds. The number of rotatable bonds is 3. The molecule has 0 aromatic heterocycles. The zero-order valence-electron chi connectivity index (χ0n) is 10.6. The molecule has 1 aromatic carbocycles.